The van der Waals surface area contributed by atoms with E-state index in [1.54, 1.807) is 4.90 Å². The molecule has 2 heterocycles. The summed E-state index contributed by atoms with van der Waals surface area (Å²) in [6.45, 7) is 8.96. The molecule has 2 atom stereocenters. The quantitative estimate of drug-likeness (QED) is 0.183. The van der Waals surface area contributed by atoms with Crippen LogP contribution in [0, 0.1) is 0 Å². The highest BCUT2D eigenvalue weighted by atomic mass is 16.6. The average Bonchev–Trinajstić information content (AvgIpc) is 3.49. The predicted octanol–water partition coefficient (Wildman–Crippen LogP) is 6.36. The first-order valence-corrected chi connectivity index (χ1v) is 15.6. The second-order valence-electron chi connectivity index (χ2n) is 12.3. The Balaban J connectivity index is 1.29. The van der Waals surface area contributed by atoms with Gasteiger partial charge in [0.25, 0.3) is 0 Å². The molecule has 0 radical (unpaired) electrons. The van der Waals surface area contributed by atoms with E-state index in [2.05, 4.69) is 16.9 Å². The maximum Gasteiger partial charge on any atom is 0.329 e. The van der Waals surface area contributed by atoms with Crippen LogP contribution in [-0.2, 0) is 20.7 Å². The summed E-state index contributed by atoms with van der Waals surface area (Å²) in [4.78, 5) is 36.5. The first-order chi connectivity index (χ1) is 20.6. The van der Waals surface area contributed by atoms with Crippen molar-refractivity contribution in [2.75, 3.05) is 13.2 Å². The van der Waals surface area contributed by atoms with Crippen molar-refractivity contribution in [1.29, 1.82) is 0 Å². The van der Waals surface area contributed by atoms with E-state index in [1.165, 1.54) is 25.7 Å². The maximum absolute atomic E-state index is 13.1. The maximum atomic E-state index is 13.1. The van der Waals surface area contributed by atoms with Crippen molar-refractivity contribution in [2.45, 2.75) is 96.7 Å². The smallest absolute Gasteiger partial charge is 0.329 e. The standard InChI is InChI=1S/C35H46N4O4/c1-5-6-7-8-9-21-42-29-18-16-26(17-19-29)28-23-37-32(38-24-28)27-14-12-25(13-15-27)22-30(36)33(40)39-20-10-11-31(39)34(41)43-35(2,3)4/h12-19,23-24,30-31H,5-11,20-22,36H2,1-4H3. The Labute approximate surface area is 256 Å². The molecule has 2 unspecified atom stereocenters. The van der Waals surface area contributed by atoms with Crippen molar-refractivity contribution in [1.82, 2.24) is 14.9 Å². The molecule has 1 saturated heterocycles. The summed E-state index contributed by atoms with van der Waals surface area (Å²) in [5.74, 6) is 0.909. The fourth-order valence-corrected chi connectivity index (χ4v) is 5.25. The van der Waals surface area contributed by atoms with E-state index in [9.17, 15) is 9.59 Å². The van der Waals surface area contributed by atoms with Gasteiger partial charge in [-0.25, -0.2) is 14.8 Å². The number of hydrogen-bond acceptors (Lipinski definition) is 7. The molecule has 1 fully saturated rings. The highest BCUT2D eigenvalue weighted by molar-refractivity contribution is 5.88. The van der Waals surface area contributed by atoms with Gasteiger partial charge in [-0.2, -0.15) is 0 Å². The number of ether oxygens (including phenoxy) is 2. The molecule has 1 aromatic heterocycles. The molecule has 43 heavy (non-hydrogen) atoms. The minimum atomic E-state index is -0.744. The van der Waals surface area contributed by atoms with Crippen molar-refractivity contribution in [2.24, 2.45) is 5.73 Å². The summed E-state index contributed by atoms with van der Waals surface area (Å²) in [7, 11) is 0. The van der Waals surface area contributed by atoms with Gasteiger partial charge in [0.2, 0.25) is 5.91 Å². The number of rotatable bonds is 13. The lowest BCUT2D eigenvalue weighted by atomic mass is 10.0. The van der Waals surface area contributed by atoms with Gasteiger partial charge in [-0.05, 0) is 69.7 Å². The van der Waals surface area contributed by atoms with Gasteiger partial charge >= 0.3 is 5.97 Å². The molecule has 2 aromatic carbocycles. The number of benzene rings is 2. The Morgan fingerprint density at radius 2 is 1.58 bits per heavy atom. The van der Waals surface area contributed by atoms with Crippen LogP contribution >= 0.6 is 0 Å². The number of nitrogens with two attached hydrogens (primary N) is 1. The highest BCUT2D eigenvalue weighted by Gasteiger charge is 2.38. The summed E-state index contributed by atoms with van der Waals surface area (Å²) < 4.78 is 11.4. The van der Waals surface area contributed by atoms with Crippen LogP contribution in [-0.4, -0.2) is 57.6 Å². The van der Waals surface area contributed by atoms with Crippen molar-refractivity contribution in [3.8, 4) is 28.3 Å². The third-order valence-corrected chi connectivity index (χ3v) is 7.56. The first kappa shape index (κ1) is 32.1. The van der Waals surface area contributed by atoms with E-state index in [-0.39, 0.29) is 11.9 Å². The minimum Gasteiger partial charge on any atom is -0.494 e. The van der Waals surface area contributed by atoms with Crippen molar-refractivity contribution >= 4 is 11.9 Å². The summed E-state index contributed by atoms with van der Waals surface area (Å²) in [6.07, 6.45) is 11.5. The van der Waals surface area contributed by atoms with Crippen molar-refractivity contribution in [3.63, 3.8) is 0 Å². The van der Waals surface area contributed by atoms with Gasteiger partial charge < -0.3 is 20.1 Å². The molecule has 0 bridgehead atoms. The zero-order chi connectivity index (χ0) is 30.8. The fourth-order valence-electron chi connectivity index (χ4n) is 5.25. The number of unbranched alkanes of at least 4 members (excludes halogenated alkanes) is 4. The molecule has 1 amide bonds. The Hall–Kier alpha value is -3.78. The van der Waals surface area contributed by atoms with Crippen LogP contribution in [0.2, 0.25) is 0 Å². The molecule has 1 aliphatic heterocycles. The third kappa shape index (κ3) is 9.35. The van der Waals surface area contributed by atoms with Gasteiger partial charge in [0.05, 0.1) is 12.6 Å². The lowest BCUT2D eigenvalue weighted by Crippen LogP contribution is -2.50. The van der Waals surface area contributed by atoms with E-state index in [0.29, 0.717) is 25.2 Å². The largest absolute Gasteiger partial charge is 0.494 e. The highest BCUT2D eigenvalue weighted by Crippen LogP contribution is 2.25. The van der Waals surface area contributed by atoms with Gasteiger partial charge in [0.1, 0.15) is 17.4 Å². The molecular formula is C35H46N4O4. The Morgan fingerprint density at radius 1 is 0.930 bits per heavy atom. The zero-order valence-electron chi connectivity index (χ0n) is 26.1. The molecule has 4 rings (SSSR count). The first-order valence-electron chi connectivity index (χ1n) is 15.6. The number of aromatic nitrogens is 2. The van der Waals surface area contributed by atoms with Gasteiger partial charge in [0.15, 0.2) is 5.82 Å². The summed E-state index contributed by atoms with van der Waals surface area (Å²) >= 11 is 0. The van der Waals surface area contributed by atoms with E-state index in [4.69, 9.17) is 15.2 Å². The number of nitrogens with zero attached hydrogens (tertiary/aromatic N) is 3. The number of esters is 1. The van der Waals surface area contributed by atoms with E-state index < -0.39 is 17.7 Å². The average molecular weight is 587 g/mol. The van der Waals surface area contributed by atoms with Gasteiger partial charge in [-0.3, -0.25) is 4.79 Å². The molecular weight excluding hydrogens is 540 g/mol. The van der Waals surface area contributed by atoms with Crippen molar-refractivity contribution in [3.05, 3.63) is 66.5 Å². The second kappa shape index (κ2) is 15.1. The number of hydrogen-bond donors (Lipinski definition) is 1. The summed E-state index contributed by atoms with van der Waals surface area (Å²) in [5, 5.41) is 0. The van der Waals surface area contributed by atoms with Crippen LogP contribution in [0.4, 0.5) is 0 Å². The Bertz CT molecular complexity index is 1320. The van der Waals surface area contributed by atoms with Crippen LogP contribution in [0.1, 0.15) is 78.2 Å². The van der Waals surface area contributed by atoms with Crippen LogP contribution in [0.15, 0.2) is 60.9 Å². The summed E-state index contributed by atoms with van der Waals surface area (Å²) in [5.41, 5.74) is 9.49. The number of amides is 1. The minimum absolute atomic E-state index is 0.224. The molecule has 0 aliphatic carbocycles. The van der Waals surface area contributed by atoms with Gasteiger partial charge in [-0.1, -0.05) is 69.0 Å². The normalized spacial score (nSPS) is 15.7. The van der Waals surface area contributed by atoms with E-state index in [0.717, 1.165) is 47.5 Å². The van der Waals surface area contributed by atoms with Crippen LogP contribution in [0.3, 0.4) is 0 Å². The molecule has 0 saturated carbocycles. The summed E-state index contributed by atoms with van der Waals surface area (Å²) in [6, 6.07) is 14.5. The third-order valence-electron chi connectivity index (χ3n) is 7.56. The number of carbonyl (C=O) groups excluding carboxylic acids is 2. The monoisotopic (exact) mass is 586 g/mol. The molecule has 1 aliphatic rings. The van der Waals surface area contributed by atoms with Crippen LogP contribution in [0.5, 0.6) is 5.75 Å². The van der Waals surface area contributed by atoms with E-state index in [1.807, 2.05) is 81.7 Å². The Kier molecular flexibility index (Phi) is 11.3. The topological polar surface area (TPSA) is 108 Å². The molecule has 230 valence electrons. The number of carbonyl (C=O) groups is 2. The number of likely N-dealkylation sites (tertiary alicyclic amines) is 1. The van der Waals surface area contributed by atoms with Gasteiger partial charge in [0, 0.05) is 30.1 Å². The van der Waals surface area contributed by atoms with Crippen molar-refractivity contribution < 1.29 is 19.1 Å². The second-order valence-corrected chi connectivity index (χ2v) is 12.3. The van der Waals surface area contributed by atoms with Crippen LogP contribution in [0.25, 0.3) is 22.5 Å². The lowest BCUT2D eigenvalue weighted by molar-refractivity contribution is -0.163. The predicted molar refractivity (Wildman–Crippen MR) is 169 cm³/mol. The van der Waals surface area contributed by atoms with Gasteiger partial charge in [-0.15, -0.1) is 0 Å². The Morgan fingerprint density at radius 3 is 2.23 bits per heavy atom. The molecule has 8 nitrogen and oxygen atoms in total. The van der Waals surface area contributed by atoms with Crippen LogP contribution < -0.4 is 10.5 Å². The fraction of sp³-hybridized carbons (Fsp3) is 0.486. The molecule has 0 spiro atoms. The molecule has 8 heteroatoms. The zero-order valence-corrected chi connectivity index (χ0v) is 26.1. The SMILES string of the molecule is CCCCCCCOc1ccc(-c2cnc(-c3ccc(CC(N)C(=O)N4CCCC4C(=O)OC(C)(C)C)cc3)nc2)cc1. The molecule has 2 N–H and O–H groups in total. The van der Waals surface area contributed by atoms with E-state index >= 15 is 0 Å². The molecule has 3 aromatic rings. The lowest BCUT2D eigenvalue weighted by Gasteiger charge is -2.29.